The van der Waals surface area contributed by atoms with Crippen molar-refractivity contribution >= 4 is 41.5 Å². The zero-order valence-corrected chi connectivity index (χ0v) is 16.7. The molecule has 0 bridgehead atoms. The van der Waals surface area contributed by atoms with E-state index in [0.717, 1.165) is 12.1 Å². The van der Waals surface area contributed by atoms with Gasteiger partial charge in [0.05, 0.1) is 24.0 Å². The lowest BCUT2D eigenvalue weighted by Gasteiger charge is -2.13. The minimum absolute atomic E-state index is 0. The molecule has 0 aliphatic rings. The molecule has 0 aliphatic heterocycles. The van der Waals surface area contributed by atoms with E-state index in [2.05, 4.69) is 25.9 Å². The summed E-state index contributed by atoms with van der Waals surface area (Å²) in [4.78, 5) is 19.7. The molecule has 0 saturated carbocycles. The maximum Gasteiger partial charge on any atom is 0.416 e. The zero-order chi connectivity index (χ0) is 19.0. The lowest BCUT2D eigenvalue weighted by atomic mass is 10.1. The number of nitrogens with zero attached hydrogens (tertiary/aromatic N) is 2. The molecule has 0 radical (unpaired) electrons. The fraction of sp³-hybridized carbons (Fsp3) is 0.235. The number of guanidine groups is 1. The highest BCUT2D eigenvalue weighted by Crippen LogP contribution is 2.29. The molecule has 3 N–H and O–H groups in total. The van der Waals surface area contributed by atoms with E-state index >= 15 is 0 Å². The number of pyridine rings is 1. The zero-order valence-electron chi connectivity index (χ0n) is 14.4. The molecule has 0 unspecified atom stereocenters. The Morgan fingerprint density at radius 3 is 2.59 bits per heavy atom. The molecule has 1 aromatic carbocycles. The van der Waals surface area contributed by atoms with E-state index in [4.69, 9.17) is 0 Å². The van der Waals surface area contributed by atoms with E-state index < -0.39 is 11.7 Å². The lowest BCUT2D eigenvalue weighted by Crippen LogP contribution is -2.41. The number of rotatable bonds is 5. The molecule has 1 heterocycles. The van der Waals surface area contributed by atoms with Crippen molar-refractivity contribution in [1.29, 1.82) is 0 Å². The highest BCUT2D eigenvalue weighted by molar-refractivity contribution is 14.0. The summed E-state index contributed by atoms with van der Waals surface area (Å²) < 4.78 is 38.1. The van der Waals surface area contributed by atoms with Crippen LogP contribution in [0.1, 0.15) is 11.1 Å². The van der Waals surface area contributed by atoms with Crippen LogP contribution in [0.5, 0.6) is 0 Å². The predicted molar refractivity (Wildman–Crippen MR) is 108 cm³/mol. The van der Waals surface area contributed by atoms with Crippen LogP contribution in [0.4, 0.5) is 18.9 Å². The Bertz CT molecular complexity index is 769. The van der Waals surface area contributed by atoms with Crippen molar-refractivity contribution in [3.05, 3.63) is 59.9 Å². The number of halogens is 4. The molecule has 0 saturated heterocycles. The van der Waals surface area contributed by atoms with Crippen LogP contribution in [0, 0.1) is 0 Å². The summed E-state index contributed by atoms with van der Waals surface area (Å²) in [5.41, 5.74) is 0.296. The van der Waals surface area contributed by atoms with E-state index in [1.807, 2.05) is 0 Å². The van der Waals surface area contributed by atoms with Gasteiger partial charge >= 0.3 is 6.18 Å². The highest BCUT2D eigenvalue weighted by Gasteiger charge is 2.30. The van der Waals surface area contributed by atoms with Crippen LogP contribution in [-0.2, 0) is 17.5 Å². The quantitative estimate of drug-likeness (QED) is 0.340. The molecule has 10 heteroatoms. The number of alkyl halides is 3. The van der Waals surface area contributed by atoms with Gasteiger partial charge in [-0.1, -0.05) is 12.1 Å². The number of carbonyl (C=O) groups excluding carboxylic acids is 1. The van der Waals surface area contributed by atoms with Crippen LogP contribution < -0.4 is 16.0 Å². The van der Waals surface area contributed by atoms with Crippen LogP contribution in [0.25, 0.3) is 0 Å². The first-order valence-electron chi connectivity index (χ1n) is 7.69. The number of nitrogens with one attached hydrogen (secondary N) is 3. The van der Waals surface area contributed by atoms with Gasteiger partial charge in [0.1, 0.15) is 0 Å². The maximum absolute atomic E-state index is 12.7. The summed E-state index contributed by atoms with van der Waals surface area (Å²) in [7, 11) is 1.50. The Hall–Kier alpha value is -2.37. The largest absolute Gasteiger partial charge is 0.416 e. The minimum Gasteiger partial charge on any atom is -0.352 e. The average molecular weight is 493 g/mol. The molecule has 0 fully saturated rings. The van der Waals surface area contributed by atoms with E-state index in [1.165, 1.54) is 19.3 Å². The van der Waals surface area contributed by atoms with Gasteiger partial charge in [-0.05, 0) is 29.8 Å². The van der Waals surface area contributed by atoms with Crippen LogP contribution >= 0.6 is 24.0 Å². The molecule has 146 valence electrons. The third-order valence-corrected chi connectivity index (χ3v) is 3.30. The number of benzene rings is 1. The molecule has 0 atom stereocenters. The van der Waals surface area contributed by atoms with Crippen molar-refractivity contribution in [2.75, 3.05) is 18.9 Å². The van der Waals surface area contributed by atoms with Crippen molar-refractivity contribution in [3.63, 3.8) is 0 Å². The summed E-state index contributed by atoms with van der Waals surface area (Å²) in [6, 6.07) is 8.39. The standard InChI is InChI=1S/C17H18F3N5O.HI/c1-21-16(24-11-15(26)25-14-6-3-7-22-10-14)23-9-12-4-2-5-13(8-12)17(18,19)20;/h2-8,10H,9,11H2,1H3,(H,25,26)(H2,21,23,24);1H. The maximum atomic E-state index is 12.7. The van der Waals surface area contributed by atoms with Crippen LogP contribution in [-0.4, -0.2) is 30.4 Å². The van der Waals surface area contributed by atoms with Gasteiger partial charge in [-0.3, -0.25) is 14.8 Å². The van der Waals surface area contributed by atoms with Gasteiger partial charge < -0.3 is 16.0 Å². The van der Waals surface area contributed by atoms with E-state index in [0.29, 0.717) is 17.2 Å². The van der Waals surface area contributed by atoms with Crippen molar-refractivity contribution in [2.45, 2.75) is 12.7 Å². The smallest absolute Gasteiger partial charge is 0.352 e. The van der Waals surface area contributed by atoms with Gasteiger partial charge in [0.25, 0.3) is 0 Å². The second-order valence-electron chi connectivity index (χ2n) is 5.27. The number of hydrogen-bond donors (Lipinski definition) is 3. The van der Waals surface area contributed by atoms with E-state index in [-0.39, 0.29) is 43.0 Å². The van der Waals surface area contributed by atoms with Gasteiger partial charge in [0, 0.05) is 19.8 Å². The van der Waals surface area contributed by atoms with Gasteiger partial charge in [0.15, 0.2) is 5.96 Å². The Labute approximate surface area is 171 Å². The van der Waals surface area contributed by atoms with Crippen molar-refractivity contribution in [3.8, 4) is 0 Å². The Morgan fingerprint density at radius 1 is 1.19 bits per heavy atom. The predicted octanol–water partition coefficient (Wildman–Crippen LogP) is 3.02. The second kappa shape index (κ2) is 10.7. The van der Waals surface area contributed by atoms with Gasteiger partial charge in [-0.15, -0.1) is 24.0 Å². The molecule has 2 rings (SSSR count). The molecule has 0 spiro atoms. The summed E-state index contributed by atoms with van der Waals surface area (Å²) >= 11 is 0. The van der Waals surface area contributed by atoms with Crippen LogP contribution in [0.3, 0.4) is 0 Å². The third-order valence-electron chi connectivity index (χ3n) is 3.30. The number of anilines is 1. The monoisotopic (exact) mass is 493 g/mol. The molecule has 0 aliphatic carbocycles. The summed E-state index contributed by atoms with van der Waals surface area (Å²) in [5.74, 6) is -0.0104. The van der Waals surface area contributed by atoms with E-state index in [9.17, 15) is 18.0 Å². The van der Waals surface area contributed by atoms with Gasteiger partial charge in [-0.2, -0.15) is 13.2 Å². The van der Waals surface area contributed by atoms with Gasteiger partial charge in [0.2, 0.25) is 5.91 Å². The lowest BCUT2D eigenvalue weighted by molar-refractivity contribution is -0.137. The first-order chi connectivity index (χ1) is 12.4. The Morgan fingerprint density at radius 2 is 1.96 bits per heavy atom. The first-order valence-corrected chi connectivity index (χ1v) is 7.69. The van der Waals surface area contributed by atoms with Gasteiger partial charge in [-0.25, -0.2) is 0 Å². The normalized spacial score (nSPS) is 11.3. The third kappa shape index (κ3) is 7.81. The molecule has 1 amide bonds. The first kappa shape index (κ1) is 22.7. The fourth-order valence-electron chi connectivity index (χ4n) is 2.07. The number of aromatic nitrogens is 1. The van der Waals surface area contributed by atoms with E-state index in [1.54, 1.807) is 24.4 Å². The molecule has 6 nitrogen and oxygen atoms in total. The molecule has 1 aromatic heterocycles. The van der Waals surface area contributed by atoms with Crippen LogP contribution in [0.2, 0.25) is 0 Å². The SMILES string of the molecule is CN=C(NCC(=O)Nc1cccnc1)NCc1cccc(C(F)(F)F)c1.I. The molecule has 27 heavy (non-hydrogen) atoms. The number of hydrogen-bond acceptors (Lipinski definition) is 3. The number of carbonyl (C=O) groups is 1. The molecular formula is C17H19F3IN5O. The number of aliphatic imine (C=N–C) groups is 1. The summed E-state index contributed by atoms with van der Waals surface area (Å²) in [6.07, 6.45) is -1.29. The van der Waals surface area contributed by atoms with Crippen molar-refractivity contribution < 1.29 is 18.0 Å². The minimum atomic E-state index is -4.39. The average Bonchev–Trinajstić information content (AvgIpc) is 2.62. The Balaban J connectivity index is 0.00000364. The molecular weight excluding hydrogens is 474 g/mol. The highest BCUT2D eigenvalue weighted by atomic mass is 127. The van der Waals surface area contributed by atoms with Crippen LogP contribution in [0.15, 0.2) is 53.8 Å². The summed E-state index contributed by atoms with van der Waals surface area (Å²) in [5, 5.41) is 8.30. The Kier molecular flexibility index (Phi) is 8.98. The van der Waals surface area contributed by atoms with Crippen molar-refractivity contribution in [1.82, 2.24) is 15.6 Å². The summed E-state index contributed by atoms with van der Waals surface area (Å²) in [6.45, 7) is 0.0744. The fourth-order valence-corrected chi connectivity index (χ4v) is 2.07. The second-order valence-corrected chi connectivity index (χ2v) is 5.27. The number of amides is 1. The topological polar surface area (TPSA) is 78.4 Å². The molecule has 2 aromatic rings. The van der Waals surface area contributed by atoms with Crippen molar-refractivity contribution in [2.24, 2.45) is 4.99 Å².